The standard InChI is InChI=1S/C19H13ClFN3O2S/c20-12-3-7-14(8-4-12)24-18(26)16(9-11-1-5-13(21)6-2-11)27-19(24)15(10-22)17(23)25/h1-8,16H,9H2,(H2,23,25)/b19-15+/t16-/m0/s1. The summed E-state index contributed by atoms with van der Waals surface area (Å²) in [5.74, 6) is -1.57. The predicted octanol–water partition coefficient (Wildman–Crippen LogP) is 3.39. The van der Waals surface area contributed by atoms with Crippen molar-refractivity contribution in [3.63, 3.8) is 0 Å². The lowest BCUT2D eigenvalue weighted by atomic mass is 10.1. The first-order chi connectivity index (χ1) is 12.9. The van der Waals surface area contributed by atoms with E-state index in [0.717, 1.165) is 17.3 Å². The lowest BCUT2D eigenvalue weighted by Gasteiger charge is -2.18. The van der Waals surface area contributed by atoms with E-state index in [9.17, 15) is 19.2 Å². The summed E-state index contributed by atoms with van der Waals surface area (Å²) in [6, 6.07) is 14.1. The Balaban J connectivity index is 2.01. The molecule has 27 heavy (non-hydrogen) atoms. The summed E-state index contributed by atoms with van der Waals surface area (Å²) in [6.07, 6.45) is 0.314. The van der Waals surface area contributed by atoms with Crippen molar-refractivity contribution in [1.82, 2.24) is 0 Å². The van der Waals surface area contributed by atoms with Crippen LogP contribution in [-0.4, -0.2) is 17.1 Å². The normalized spacial score (nSPS) is 18.3. The largest absolute Gasteiger partial charge is 0.365 e. The highest BCUT2D eigenvalue weighted by atomic mass is 35.5. The molecule has 136 valence electrons. The summed E-state index contributed by atoms with van der Waals surface area (Å²) in [6.45, 7) is 0. The van der Waals surface area contributed by atoms with Gasteiger partial charge in [-0.25, -0.2) is 4.39 Å². The van der Waals surface area contributed by atoms with E-state index in [2.05, 4.69) is 0 Å². The van der Waals surface area contributed by atoms with Gasteiger partial charge in [0.1, 0.15) is 22.5 Å². The van der Waals surface area contributed by atoms with E-state index in [0.29, 0.717) is 17.1 Å². The molecule has 2 N–H and O–H groups in total. The number of primary amides is 1. The summed E-state index contributed by atoms with van der Waals surface area (Å²) in [4.78, 5) is 26.0. The van der Waals surface area contributed by atoms with E-state index in [4.69, 9.17) is 17.3 Å². The fourth-order valence-corrected chi connectivity index (χ4v) is 4.10. The van der Waals surface area contributed by atoms with Gasteiger partial charge in [0, 0.05) is 10.7 Å². The Morgan fingerprint density at radius 2 is 1.85 bits per heavy atom. The third-order valence-corrected chi connectivity index (χ3v) is 5.46. The molecule has 0 radical (unpaired) electrons. The van der Waals surface area contributed by atoms with Crippen LogP contribution in [0.15, 0.2) is 59.1 Å². The first kappa shape index (κ1) is 19.0. The summed E-state index contributed by atoms with van der Waals surface area (Å²) < 4.78 is 13.1. The molecule has 1 saturated heterocycles. The molecule has 8 heteroatoms. The summed E-state index contributed by atoms with van der Waals surface area (Å²) >= 11 is 6.99. The van der Waals surface area contributed by atoms with Crippen LogP contribution in [0.2, 0.25) is 5.02 Å². The second-order valence-electron chi connectivity index (χ2n) is 5.74. The highest BCUT2D eigenvalue weighted by Crippen LogP contribution is 2.42. The zero-order valence-electron chi connectivity index (χ0n) is 13.9. The van der Waals surface area contributed by atoms with Crippen molar-refractivity contribution in [1.29, 1.82) is 5.26 Å². The summed E-state index contributed by atoms with van der Waals surface area (Å²) in [5, 5.41) is 9.43. The number of amides is 2. The number of hydrogen-bond donors (Lipinski definition) is 1. The third kappa shape index (κ3) is 3.97. The van der Waals surface area contributed by atoms with Crippen molar-refractivity contribution >= 4 is 40.9 Å². The second kappa shape index (κ2) is 7.82. The molecule has 1 fully saturated rings. The van der Waals surface area contributed by atoms with E-state index < -0.39 is 11.2 Å². The SMILES string of the molecule is N#C/C(C(N)=O)=C1\S[C@@H](Cc2ccc(F)cc2)C(=O)N1c1ccc(Cl)cc1. The molecule has 5 nitrogen and oxygen atoms in total. The molecule has 0 aromatic heterocycles. The number of rotatable bonds is 4. The van der Waals surface area contributed by atoms with Crippen LogP contribution in [0.5, 0.6) is 0 Å². The molecule has 1 aliphatic rings. The number of anilines is 1. The van der Waals surface area contributed by atoms with Crippen molar-refractivity contribution in [3.05, 3.63) is 75.5 Å². The number of hydrogen-bond acceptors (Lipinski definition) is 4. The van der Waals surface area contributed by atoms with E-state index in [-0.39, 0.29) is 22.3 Å². The van der Waals surface area contributed by atoms with Crippen LogP contribution in [0.1, 0.15) is 5.56 Å². The van der Waals surface area contributed by atoms with Gasteiger partial charge in [-0.2, -0.15) is 5.26 Å². The molecule has 2 amide bonds. The Kier molecular flexibility index (Phi) is 5.49. The van der Waals surface area contributed by atoms with Gasteiger partial charge in [-0.05, 0) is 48.4 Å². The molecule has 1 aliphatic heterocycles. The minimum atomic E-state index is -0.908. The lowest BCUT2D eigenvalue weighted by Crippen LogP contribution is -2.31. The Labute approximate surface area is 164 Å². The number of carbonyl (C=O) groups is 2. The minimum Gasteiger partial charge on any atom is -0.365 e. The smallest absolute Gasteiger partial charge is 0.262 e. The molecule has 1 heterocycles. The topological polar surface area (TPSA) is 87.2 Å². The van der Waals surface area contributed by atoms with Crippen LogP contribution in [0.3, 0.4) is 0 Å². The van der Waals surface area contributed by atoms with Gasteiger partial charge in [0.15, 0.2) is 0 Å². The summed E-state index contributed by atoms with van der Waals surface area (Å²) in [5.41, 5.74) is 6.27. The Morgan fingerprint density at radius 1 is 1.22 bits per heavy atom. The van der Waals surface area contributed by atoms with Gasteiger partial charge in [0.25, 0.3) is 5.91 Å². The maximum atomic E-state index is 13.1. The first-order valence-corrected chi connectivity index (χ1v) is 9.11. The fraction of sp³-hybridized carbons (Fsp3) is 0.105. The molecule has 0 saturated carbocycles. The van der Waals surface area contributed by atoms with E-state index >= 15 is 0 Å². The first-order valence-electron chi connectivity index (χ1n) is 7.85. The second-order valence-corrected chi connectivity index (χ2v) is 7.37. The minimum absolute atomic E-state index is 0.185. The van der Waals surface area contributed by atoms with Crippen LogP contribution < -0.4 is 10.6 Å². The van der Waals surface area contributed by atoms with E-state index in [1.165, 1.54) is 17.0 Å². The highest BCUT2D eigenvalue weighted by Gasteiger charge is 2.40. The molecule has 0 aliphatic carbocycles. The van der Waals surface area contributed by atoms with Gasteiger partial charge in [0.2, 0.25) is 5.91 Å². The summed E-state index contributed by atoms with van der Waals surface area (Å²) in [7, 11) is 0. The van der Waals surface area contributed by atoms with Crippen LogP contribution in [-0.2, 0) is 16.0 Å². The van der Waals surface area contributed by atoms with Crippen LogP contribution in [0, 0.1) is 17.1 Å². The van der Waals surface area contributed by atoms with Gasteiger partial charge in [-0.3, -0.25) is 14.5 Å². The fourth-order valence-electron chi connectivity index (χ4n) is 2.66. The van der Waals surface area contributed by atoms with Crippen molar-refractivity contribution in [2.75, 3.05) is 4.90 Å². The zero-order valence-corrected chi connectivity index (χ0v) is 15.4. The van der Waals surface area contributed by atoms with Crippen molar-refractivity contribution in [3.8, 4) is 6.07 Å². The van der Waals surface area contributed by atoms with Crippen LogP contribution >= 0.6 is 23.4 Å². The Bertz CT molecular complexity index is 968. The van der Waals surface area contributed by atoms with Gasteiger partial charge >= 0.3 is 0 Å². The van der Waals surface area contributed by atoms with Gasteiger partial charge < -0.3 is 5.73 Å². The zero-order chi connectivity index (χ0) is 19.6. The van der Waals surface area contributed by atoms with Crippen LogP contribution in [0.25, 0.3) is 0 Å². The average Bonchev–Trinajstić information content (AvgIpc) is 2.94. The number of nitrogens with zero attached hydrogens (tertiary/aromatic N) is 2. The molecular formula is C19H13ClFN3O2S. The molecule has 0 spiro atoms. The molecule has 1 atom stereocenters. The predicted molar refractivity (Wildman–Crippen MR) is 102 cm³/mol. The molecule has 0 unspecified atom stereocenters. The van der Waals surface area contributed by atoms with Gasteiger partial charge in [0.05, 0.1) is 5.25 Å². The van der Waals surface area contributed by atoms with Gasteiger partial charge in [-0.15, -0.1) is 0 Å². The number of nitrogens with two attached hydrogens (primary N) is 1. The van der Waals surface area contributed by atoms with Crippen LogP contribution in [0.4, 0.5) is 10.1 Å². The number of carbonyl (C=O) groups excluding carboxylic acids is 2. The number of halogens is 2. The molecule has 3 rings (SSSR count). The quantitative estimate of drug-likeness (QED) is 0.628. The number of benzene rings is 2. The molecule has 2 aromatic rings. The van der Waals surface area contributed by atoms with E-state index in [1.807, 2.05) is 0 Å². The highest BCUT2D eigenvalue weighted by molar-refractivity contribution is 8.05. The average molecular weight is 402 g/mol. The maximum Gasteiger partial charge on any atom is 0.262 e. The van der Waals surface area contributed by atoms with E-state index in [1.54, 1.807) is 42.5 Å². The lowest BCUT2D eigenvalue weighted by molar-refractivity contribution is -0.117. The molecular weight excluding hydrogens is 389 g/mol. The molecule has 0 bridgehead atoms. The monoisotopic (exact) mass is 401 g/mol. The maximum absolute atomic E-state index is 13.1. The Hall–Kier alpha value is -2.82. The third-order valence-electron chi connectivity index (χ3n) is 3.94. The Morgan fingerprint density at radius 3 is 2.41 bits per heavy atom. The van der Waals surface area contributed by atoms with Gasteiger partial charge in [-0.1, -0.05) is 35.5 Å². The van der Waals surface area contributed by atoms with Crippen molar-refractivity contribution in [2.45, 2.75) is 11.7 Å². The number of nitriles is 1. The van der Waals surface area contributed by atoms with Crippen molar-refractivity contribution < 1.29 is 14.0 Å². The van der Waals surface area contributed by atoms with Crippen molar-refractivity contribution in [2.24, 2.45) is 5.73 Å². The number of thioether (sulfide) groups is 1. The molecule has 2 aromatic carbocycles.